The quantitative estimate of drug-likeness (QED) is 0.654. The molecule has 2 aromatic carbocycles. The van der Waals surface area contributed by atoms with Crippen LogP contribution in [0.4, 0.5) is 4.79 Å². The van der Waals surface area contributed by atoms with Gasteiger partial charge in [0.2, 0.25) is 0 Å². The van der Waals surface area contributed by atoms with Gasteiger partial charge in [-0.2, -0.15) is 0 Å². The largest absolute Gasteiger partial charge is 0.492 e. The minimum Gasteiger partial charge on any atom is -0.492 e. The summed E-state index contributed by atoms with van der Waals surface area (Å²) < 4.78 is 11.1. The molecule has 1 atom stereocenters. The summed E-state index contributed by atoms with van der Waals surface area (Å²) in [6, 6.07) is 13.6. The van der Waals surface area contributed by atoms with Crippen molar-refractivity contribution in [1.82, 2.24) is 10.6 Å². The zero-order chi connectivity index (χ0) is 20.8. The molecule has 0 radical (unpaired) electrons. The first-order valence-corrected chi connectivity index (χ1v) is 9.79. The zero-order valence-electron chi connectivity index (χ0n) is 16.3. The molecule has 0 bridgehead atoms. The monoisotopic (exact) mass is 414 g/mol. The fourth-order valence-electron chi connectivity index (χ4n) is 3.04. The van der Waals surface area contributed by atoms with Crippen molar-refractivity contribution in [3.8, 4) is 5.75 Å². The van der Waals surface area contributed by atoms with Crippen molar-refractivity contribution < 1.29 is 19.1 Å². The molecule has 1 aliphatic rings. The van der Waals surface area contributed by atoms with Gasteiger partial charge in [-0.05, 0) is 36.6 Å². The SMILES string of the molecule is CCCOc1ccc(C2NC(=O)NC(C)=C2C(=O)OCc2ccccc2)cc1Cl. The van der Waals surface area contributed by atoms with E-state index in [-0.39, 0.29) is 6.61 Å². The molecule has 152 valence electrons. The highest BCUT2D eigenvalue weighted by atomic mass is 35.5. The van der Waals surface area contributed by atoms with E-state index in [9.17, 15) is 9.59 Å². The molecule has 1 heterocycles. The highest BCUT2D eigenvalue weighted by molar-refractivity contribution is 6.32. The molecule has 6 nitrogen and oxygen atoms in total. The van der Waals surface area contributed by atoms with Crippen LogP contribution in [-0.2, 0) is 16.1 Å². The number of hydrogen-bond donors (Lipinski definition) is 2. The Bertz CT molecular complexity index is 928. The third kappa shape index (κ3) is 5.09. The van der Waals surface area contributed by atoms with Crippen LogP contribution in [0.1, 0.15) is 37.4 Å². The topological polar surface area (TPSA) is 76.7 Å². The Labute approximate surface area is 174 Å². The zero-order valence-corrected chi connectivity index (χ0v) is 17.1. The van der Waals surface area contributed by atoms with Crippen molar-refractivity contribution in [1.29, 1.82) is 0 Å². The number of amides is 2. The number of halogens is 1. The van der Waals surface area contributed by atoms with E-state index in [1.807, 2.05) is 37.3 Å². The van der Waals surface area contributed by atoms with Gasteiger partial charge in [-0.1, -0.05) is 54.9 Å². The molecule has 1 aliphatic heterocycles. The van der Waals surface area contributed by atoms with Crippen LogP contribution in [0.15, 0.2) is 59.8 Å². The lowest BCUT2D eigenvalue weighted by Crippen LogP contribution is -2.45. The Hall–Kier alpha value is -2.99. The molecule has 2 aromatic rings. The van der Waals surface area contributed by atoms with Crippen LogP contribution in [-0.4, -0.2) is 18.6 Å². The summed E-state index contributed by atoms with van der Waals surface area (Å²) >= 11 is 6.34. The Balaban J connectivity index is 1.84. The van der Waals surface area contributed by atoms with E-state index in [0.717, 1.165) is 12.0 Å². The molecule has 3 rings (SSSR count). The van der Waals surface area contributed by atoms with Crippen LogP contribution in [0.2, 0.25) is 5.02 Å². The molecule has 0 aromatic heterocycles. The molecule has 0 saturated carbocycles. The maximum absolute atomic E-state index is 12.8. The van der Waals surface area contributed by atoms with Gasteiger partial charge in [-0.3, -0.25) is 0 Å². The lowest BCUT2D eigenvalue weighted by molar-refractivity contribution is -0.140. The highest BCUT2D eigenvalue weighted by Crippen LogP contribution is 2.33. The van der Waals surface area contributed by atoms with E-state index >= 15 is 0 Å². The van der Waals surface area contributed by atoms with Crippen LogP contribution >= 0.6 is 11.6 Å². The minimum absolute atomic E-state index is 0.141. The molecule has 0 spiro atoms. The Morgan fingerprint density at radius 3 is 2.62 bits per heavy atom. The summed E-state index contributed by atoms with van der Waals surface area (Å²) in [6.45, 7) is 4.37. The van der Waals surface area contributed by atoms with Crippen molar-refractivity contribution >= 4 is 23.6 Å². The third-order valence-corrected chi connectivity index (χ3v) is 4.75. The summed E-state index contributed by atoms with van der Waals surface area (Å²) in [7, 11) is 0. The van der Waals surface area contributed by atoms with Crippen LogP contribution in [0.25, 0.3) is 0 Å². The molecular formula is C22H23ClN2O4. The lowest BCUT2D eigenvalue weighted by atomic mass is 9.95. The van der Waals surface area contributed by atoms with Crippen molar-refractivity contribution in [2.45, 2.75) is 32.9 Å². The number of hydrogen-bond acceptors (Lipinski definition) is 4. The number of benzene rings is 2. The van der Waals surface area contributed by atoms with E-state index in [1.54, 1.807) is 25.1 Å². The number of urea groups is 1. The van der Waals surface area contributed by atoms with E-state index in [2.05, 4.69) is 10.6 Å². The maximum Gasteiger partial charge on any atom is 0.338 e. The van der Waals surface area contributed by atoms with Crippen molar-refractivity contribution in [2.24, 2.45) is 0 Å². The summed E-state index contributed by atoms with van der Waals surface area (Å²) in [5, 5.41) is 5.82. The summed E-state index contributed by atoms with van der Waals surface area (Å²) in [4.78, 5) is 24.9. The predicted molar refractivity (Wildman–Crippen MR) is 111 cm³/mol. The Kier molecular flexibility index (Phi) is 6.77. The van der Waals surface area contributed by atoms with Crippen molar-refractivity contribution in [2.75, 3.05) is 6.61 Å². The molecule has 29 heavy (non-hydrogen) atoms. The number of carbonyl (C=O) groups excluding carboxylic acids is 2. The molecule has 2 N–H and O–H groups in total. The standard InChI is InChI=1S/C22H23ClN2O4/c1-3-11-28-18-10-9-16(12-17(18)23)20-19(14(2)24-22(27)25-20)21(26)29-13-15-7-5-4-6-8-15/h4-10,12,20H,3,11,13H2,1-2H3,(H2,24,25,27). The van der Waals surface area contributed by atoms with Crippen LogP contribution in [0, 0.1) is 0 Å². The van der Waals surface area contributed by atoms with Crippen LogP contribution in [0.3, 0.4) is 0 Å². The number of allylic oxidation sites excluding steroid dienone is 1. The first-order chi connectivity index (χ1) is 14.0. The van der Waals surface area contributed by atoms with E-state index in [0.29, 0.717) is 34.2 Å². The fraction of sp³-hybridized carbons (Fsp3) is 0.273. The number of esters is 1. The third-order valence-electron chi connectivity index (χ3n) is 4.45. The summed E-state index contributed by atoms with van der Waals surface area (Å²) in [5.74, 6) is 0.0534. The molecule has 1 unspecified atom stereocenters. The second-order valence-corrected chi connectivity index (χ2v) is 7.08. The van der Waals surface area contributed by atoms with E-state index in [1.165, 1.54) is 0 Å². The van der Waals surface area contributed by atoms with Crippen LogP contribution < -0.4 is 15.4 Å². The van der Waals surface area contributed by atoms with E-state index in [4.69, 9.17) is 21.1 Å². The second kappa shape index (κ2) is 9.47. The van der Waals surface area contributed by atoms with Gasteiger partial charge in [0.15, 0.2) is 0 Å². The number of rotatable bonds is 7. The number of nitrogens with one attached hydrogen (secondary N) is 2. The second-order valence-electron chi connectivity index (χ2n) is 6.67. The van der Waals surface area contributed by atoms with Gasteiger partial charge in [0.1, 0.15) is 12.4 Å². The highest BCUT2D eigenvalue weighted by Gasteiger charge is 2.32. The Morgan fingerprint density at radius 1 is 1.17 bits per heavy atom. The Morgan fingerprint density at radius 2 is 1.93 bits per heavy atom. The van der Waals surface area contributed by atoms with Gasteiger partial charge in [0, 0.05) is 5.70 Å². The molecule has 0 aliphatic carbocycles. The van der Waals surface area contributed by atoms with Gasteiger partial charge < -0.3 is 20.1 Å². The average molecular weight is 415 g/mol. The lowest BCUT2D eigenvalue weighted by Gasteiger charge is -2.28. The number of carbonyl (C=O) groups is 2. The molecule has 0 saturated heterocycles. The fourth-order valence-corrected chi connectivity index (χ4v) is 3.28. The van der Waals surface area contributed by atoms with Gasteiger partial charge in [-0.25, -0.2) is 9.59 Å². The maximum atomic E-state index is 12.8. The van der Waals surface area contributed by atoms with Gasteiger partial charge in [-0.15, -0.1) is 0 Å². The molecular weight excluding hydrogens is 392 g/mol. The molecule has 0 fully saturated rings. The smallest absolute Gasteiger partial charge is 0.338 e. The van der Waals surface area contributed by atoms with Gasteiger partial charge in [0.05, 0.1) is 23.2 Å². The first kappa shape index (κ1) is 20.7. The first-order valence-electron chi connectivity index (χ1n) is 9.41. The van der Waals surface area contributed by atoms with Crippen molar-refractivity contribution in [3.63, 3.8) is 0 Å². The van der Waals surface area contributed by atoms with Crippen LogP contribution in [0.5, 0.6) is 5.75 Å². The van der Waals surface area contributed by atoms with Crippen molar-refractivity contribution in [3.05, 3.63) is 76.0 Å². The number of ether oxygens (including phenoxy) is 2. The summed E-state index contributed by atoms with van der Waals surface area (Å²) in [6.07, 6.45) is 0.863. The van der Waals surface area contributed by atoms with Gasteiger partial charge in [0.25, 0.3) is 0 Å². The normalized spacial score (nSPS) is 16.1. The van der Waals surface area contributed by atoms with Gasteiger partial charge >= 0.3 is 12.0 Å². The molecule has 7 heteroatoms. The average Bonchev–Trinajstić information content (AvgIpc) is 2.71. The minimum atomic E-state index is -0.676. The predicted octanol–water partition coefficient (Wildman–Crippen LogP) is 4.50. The van der Waals surface area contributed by atoms with E-state index < -0.39 is 18.0 Å². The molecule has 2 amide bonds. The summed E-state index contributed by atoms with van der Waals surface area (Å²) in [5.41, 5.74) is 2.32.